The molecule has 1 fully saturated rings. The lowest BCUT2D eigenvalue weighted by molar-refractivity contribution is -0.138. The number of carbonyl (C=O) groups is 4. The van der Waals surface area contributed by atoms with Crippen molar-refractivity contribution in [1.29, 1.82) is 0 Å². The summed E-state index contributed by atoms with van der Waals surface area (Å²) in [7, 11) is -4.33. The van der Waals surface area contributed by atoms with Crippen LogP contribution in [0.15, 0.2) is 59.9 Å². The zero-order valence-corrected chi connectivity index (χ0v) is 31.3. The highest BCUT2D eigenvalue weighted by atomic mass is 32.2. The second kappa shape index (κ2) is 15.4. The predicted molar refractivity (Wildman–Crippen MR) is 197 cm³/mol. The first-order valence-electron chi connectivity index (χ1n) is 17.2. The lowest BCUT2D eigenvalue weighted by Gasteiger charge is -2.43. The van der Waals surface area contributed by atoms with E-state index in [-0.39, 0.29) is 42.5 Å². The molecule has 12 nitrogen and oxygen atoms in total. The van der Waals surface area contributed by atoms with E-state index in [0.29, 0.717) is 19.3 Å². The molecule has 1 aromatic rings. The number of barbiturate groups is 1. The number of nitrogens with zero attached hydrogens (tertiary/aromatic N) is 3. The van der Waals surface area contributed by atoms with Crippen LogP contribution in [0.4, 0.5) is 10.5 Å². The van der Waals surface area contributed by atoms with Gasteiger partial charge < -0.3 is 14.7 Å². The van der Waals surface area contributed by atoms with Crippen molar-refractivity contribution in [2.75, 3.05) is 30.3 Å². The number of aliphatic carboxylic acids is 1. The van der Waals surface area contributed by atoms with Gasteiger partial charge in [0.25, 0.3) is 21.9 Å². The Morgan fingerprint density at radius 1 is 0.941 bits per heavy atom. The van der Waals surface area contributed by atoms with Gasteiger partial charge in [-0.15, -0.1) is 0 Å². The van der Waals surface area contributed by atoms with E-state index in [2.05, 4.69) is 71.6 Å². The summed E-state index contributed by atoms with van der Waals surface area (Å²) in [4.78, 5) is 55.0. The highest BCUT2D eigenvalue weighted by Gasteiger charge is 2.41. The fourth-order valence-corrected chi connectivity index (χ4v) is 7.04. The molecule has 276 valence electrons. The van der Waals surface area contributed by atoms with Crippen LogP contribution in [0.5, 0.6) is 5.75 Å². The molecule has 3 aliphatic rings. The fraction of sp³-hybridized carbons (Fsp3) is 0.474. The number of amides is 4. The van der Waals surface area contributed by atoms with Crippen LogP contribution in [0, 0.1) is 5.41 Å². The minimum Gasteiger partial charge on any atom is -0.481 e. The van der Waals surface area contributed by atoms with Crippen LogP contribution in [0.1, 0.15) is 91.7 Å². The molecule has 51 heavy (non-hydrogen) atoms. The number of unbranched alkanes of at least 4 members (excludes halogenated alkanes) is 2. The smallest absolute Gasteiger partial charge is 0.333 e. The van der Waals surface area contributed by atoms with Crippen molar-refractivity contribution in [1.82, 2.24) is 9.80 Å². The first-order valence-corrected chi connectivity index (χ1v) is 18.8. The van der Waals surface area contributed by atoms with E-state index in [4.69, 9.17) is 14.4 Å². The zero-order chi connectivity index (χ0) is 37.9. The Hall–Kier alpha value is -4.49. The molecule has 4 rings (SSSR count). The van der Waals surface area contributed by atoms with Crippen molar-refractivity contribution < 1.29 is 42.0 Å². The molecule has 0 saturated carbocycles. The van der Waals surface area contributed by atoms with Crippen LogP contribution >= 0.6 is 0 Å². The third kappa shape index (κ3) is 9.25. The highest BCUT2D eigenvalue weighted by Crippen LogP contribution is 2.47. The summed E-state index contributed by atoms with van der Waals surface area (Å²) in [5.41, 5.74) is 4.34. The number of carboxylic acid groups (broad SMARTS) is 1. The Bertz CT molecular complexity index is 1860. The second-order valence-electron chi connectivity index (χ2n) is 14.6. The minimum atomic E-state index is -4.33. The van der Waals surface area contributed by atoms with Crippen molar-refractivity contribution in [2.24, 2.45) is 5.41 Å². The van der Waals surface area contributed by atoms with Crippen molar-refractivity contribution in [2.45, 2.75) is 86.1 Å². The average Bonchev–Trinajstić information content (AvgIpc) is 3.01. The number of urea groups is 1. The molecule has 2 N–H and O–H groups in total. The van der Waals surface area contributed by atoms with Crippen LogP contribution in [0.25, 0.3) is 11.1 Å². The van der Waals surface area contributed by atoms with Gasteiger partial charge in [-0.1, -0.05) is 51.5 Å². The number of hydrogen-bond acceptors (Lipinski definition) is 8. The van der Waals surface area contributed by atoms with Crippen molar-refractivity contribution in [3.8, 4) is 5.75 Å². The van der Waals surface area contributed by atoms with Crippen LogP contribution in [0.3, 0.4) is 0 Å². The number of fused-ring (bicyclic) bond motifs is 2. The molecule has 0 aromatic heterocycles. The first kappa shape index (κ1) is 39.3. The highest BCUT2D eigenvalue weighted by molar-refractivity contribution is 7.85. The second-order valence-corrected chi connectivity index (χ2v) is 16.2. The van der Waals surface area contributed by atoms with Crippen LogP contribution < -0.4 is 9.64 Å². The van der Waals surface area contributed by atoms with Crippen molar-refractivity contribution in [3.05, 3.63) is 71.0 Å². The van der Waals surface area contributed by atoms with Crippen LogP contribution in [-0.4, -0.2) is 82.6 Å². The Morgan fingerprint density at radius 3 is 2.16 bits per heavy atom. The summed E-state index contributed by atoms with van der Waals surface area (Å²) < 4.78 is 38.2. The maximum Gasteiger partial charge on any atom is 0.333 e. The number of allylic oxidation sites excluding steroid dienone is 8. The monoisotopic (exact) mass is 723 g/mol. The number of benzene rings is 1. The van der Waals surface area contributed by atoms with Crippen molar-refractivity contribution in [3.63, 3.8) is 0 Å². The molecule has 0 unspecified atom stereocenters. The Labute approximate surface area is 300 Å². The molecule has 13 heteroatoms. The molecule has 0 bridgehead atoms. The number of imide groups is 2. The largest absolute Gasteiger partial charge is 0.481 e. The number of rotatable bonds is 13. The summed E-state index contributed by atoms with van der Waals surface area (Å²) >= 11 is 0. The summed E-state index contributed by atoms with van der Waals surface area (Å²) in [6.45, 7) is 15.2. The van der Waals surface area contributed by atoms with E-state index in [9.17, 15) is 27.6 Å². The molecule has 1 saturated heterocycles. The summed E-state index contributed by atoms with van der Waals surface area (Å²) in [6.07, 6.45) is 11.5. The fourth-order valence-electron chi connectivity index (χ4n) is 6.54. The Morgan fingerprint density at radius 2 is 1.57 bits per heavy atom. The third-order valence-electron chi connectivity index (χ3n) is 9.07. The molecule has 0 radical (unpaired) electrons. The molecule has 4 amide bonds. The SMILES string of the molecule is CCN1c2cc3c(cc2C(C)=CC1(C)C)C(=CC=CC=C1C(=O)N(CCCCCC(=O)O)C(=O)N(CCCS(=O)(=O)O)C1=O)C=C(C(C)(C)C)O3. The molecule has 3 heterocycles. The van der Waals surface area contributed by atoms with Crippen LogP contribution in [-0.2, 0) is 24.5 Å². The van der Waals surface area contributed by atoms with Crippen molar-refractivity contribution >= 4 is 50.8 Å². The normalized spacial score (nSPS) is 19.4. The van der Waals surface area contributed by atoms with Gasteiger partial charge in [-0.05, 0) is 76.3 Å². The Balaban J connectivity index is 1.69. The molecule has 1 aromatic carbocycles. The number of likely N-dealkylation sites (N-methyl/N-ethyl adjacent to an activating group) is 1. The first-order chi connectivity index (χ1) is 23.7. The lowest BCUT2D eigenvalue weighted by atomic mass is 9.85. The van der Waals surface area contributed by atoms with Gasteiger partial charge in [0.15, 0.2) is 0 Å². The summed E-state index contributed by atoms with van der Waals surface area (Å²) in [5, 5.41) is 8.91. The number of ether oxygens (including phenoxy) is 1. The van der Waals surface area contributed by atoms with Gasteiger partial charge in [0.05, 0.1) is 11.3 Å². The predicted octanol–water partition coefficient (Wildman–Crippen LogP) is 6.61. The van der Waals surface area contributed by atoms with Gasteiger partial charge in [0.2, 0.25) is 0 Å². The minimum absolute atomic E-state index is 0.0492. The van der Waals surface area contributed by atoms with Gasteiger partial charge in [-0.25, -0.2) is 4.79 Å². The molecule has 0 atom stereocenters. The van der Waals surface area contributed by atoms with Gasteiger partial charge in [-0.3, -0.25) is 28.7 Å². The molecular formula is C38H49N3O9S. The maximum absolute atomic E-state index is 13.4. The third-order valence-corrected chi connectivity index (χ3v) is 9.88. The number of hydrogen-bond donors (Lipinski definition) is 2. The average molecular weight is 724 g/mol. The number of carboxylic acids is 1. The van der Waals surface area contributed by atoms with E-state index in [1.165, 1.54) is 6.08 Å². The lowest BCUT2D eigenvalue weighted by Crippen LogP contribution is -2.56. The van der Waals surface area contributed by atoms with Gasteiger partial charge >= 0.3 is 12.0 Å². The zero-order valence-electron chi connectivity index (χ0n) is 30.5. The summed E-state index contributed by atoms with van der Waals surface area (Å²) in [5.74, 6) is -1.79. The molecule has 0 aliphatic carbocycles. The van der Waals surface area contributed by atoms with E-state index in [1.807, 2.05) is 12.2 Å². The van der Waals surface area contributed by atoms with E-state index in [0.717, 1.165) is 55.8 Å². The van der Waals surface area contributed by atoms with E-state index in [1.54, 1.807) is 12.2 Å². The van der Waals surface area contributed by atoms with Gasteiger partial charge in [0, 0.05) is 54.4 Å². The quantitative estimate of drug-likeness (QED) is 0.0981. The van der Waals surface area contributed by atoms with Crippen LogP contribution in [0.2, 0.25) is 0 Å². The molecule has 3 aliphatic heterocycles. The molecule has 0 spiro atoms. The number of carbonyl (C=O) groups excluding carboxylic acids is 3. The summed E-state index contributed by atoms with van der Waals surface area (Å²) in [6, 6.07) is 3.33. The van der Waals surface area contributed by atoms with Gasteiger partial charge in [0.1, 0.15) is 17.1 Å². The van der Waals surface area contributed by atoms with Gasteiger partial charge in [-0.2, -0.15) is 8.42 Å². The molecular weight excluding hydrogens is 674 g/mol. The topological polar surface area (TPSA) is 162 Å². The number of anilines is 1. The standard InChI is InChI=1S/C38H49N3O9S/c1-8-41-30-23-31-29(22-28(30)25(2)24-38(41,6)7)26(21-32(50-31)37(3,4)5)15-11-12-16-27-34(44)39(18-13-9-10-17-33(42)43)36(46)40(35(27)45)19-14-20-51(47,48)49/h11-12,15-16,21-24H,8-10,13-14,17-20H2,1-7H3,(H,42,43)(H,47,48,49). The van der Waals surface area contributed by atoms with E-state index < -0.39 is 39.7 Å². The van der Waals surface area contributed by atoms with E-state index >= 15 is 0 Å². The maximum atomic E-state index is 13.4. The Kier molecular flexibility index (Phi) is 11.9.